The lowest BCUT2D eigenvalue weighted by molar-refractivity contribution is -0.134. The van der Waals surface area contributed by atoms with E-state index in [2.05, 4.69) is 6.92 Å². The normalized spacial score (nSPS) is 22.4. The summed E-state index contributed by atoms with van der Waals surface area (Å²) >= 11 is 2.89. The molecular formula is C8H12O2S2. The number of carbonyl (C=O) groups is 1. The van der Waals surface area contributed by atoms with E-state index in [-0.39, 0.29) is 4.58 Å². The van der Waals surface area contributed by atoms with Gasteiger partial charge in [0.2, 0.25) is 0 Å². The molecule has 1 N–H and O–H groups in total. The minimum Gasteiger partial charge on any atom is -0.480 e. The van der Waals surface area contributed by atoms with E-state index in [1.54, 1.807) is 0 Å². The Hall–Kier alpha value is -0.0900. The van der Waals surface area contributed by atoms with Gasteiger partial charge in [-0.25, -0.2) is 0 Å². The molecular weight excluding hydrogens is 192 g/mol. The molecule has 0 aromatic heterocycles. The quantitative estimate of drug-likeness (QED) is 0.764. The van der Waals surface area contributed by atoms with E-state index in [0.717, 1.165) is 12.8 Å². The lowest BCUT2D eigenvalue weighted by atomic mass is 10.2. The maximum Gasteiger partial charge on any atom is 0.327 e. The van der Waals surface area contributed by atoms with Crippen LogP contribution in [-0.4, -0.2) is 15.7 Å². The van der Waals surface area contributed by atoms with Gasteiger partial charge >= 0.3 is 5.97 Å². The Morgan fingerprint density at radius 2 is 2.50 bits per heavy atom. The summed E-state index contributed by atoms with van der Waals surface area (Å²) in [5, 5.41) is 10.7. The number of allylic oxidation sites excluding steroid dienone is 1. The molecule has 0 radical (unpaired) electrons. The van der Waals surface area contributed by atoms with Crippen LogP contribution in [0.5, 0.6) is 0 Å². The molecule has 2 nitrogen and oxygen atoms in total. The van der Waals surface area contributed by atoms with Crippen LogP contribution in [0.25, 0.3) is 0 Å². The van der Waals surface area contributed by atoms with E-state index < -0.39 is 5.97 Å². The molecule has 0 aliphatic carbocycles. The van der Waals surface area contributed by atoms with Crippen LogP contribution in [0.1, 0.15) is 26.2 Å². The second-order valence-corrected chi connectivity index (χ2v) is 5.12. The fraction of sp³-hybridized carbons (Fsp3) is 0.625. The van der Waals surface area contributed by atoms with Gasteiger partial charge in [-0.05, 0) is 23.2 Å². The number of aliphatic carboxylic acids is 1. The summed E-state index contributed by atoms with van der Waals surface area (Å²) < 4.78 is -0.295. The monoisotopic (exact) mass is 204 g/mol. The maximum atomic E-state index is 10.5. The highest BCUT2D eigenvalue weighted by atomic mass is 32.2. The van der Waals surface area contributed by atoms with Crippen molar-refractivity contribution in [3.05, 3.63) is 10.3 Å². The molecule has 4 heteroatoms. The molecule has 1 aliphatic rings. The van der Waals surface area contributed by atoms with Crippen LogP contribution in [0, 0.1) is 0 Å². The van der Waals surface area contributed by atoms with Gasteiger partial charge in [0.05, 0.1) is 0 Å². The van der Waals surface area contributed by atoms with Crippen molar-refractivity contribution >= 4 is 29.5 Å². The summed E-state index contributed by atoms with van der Waals surface area (Å²) in [6, 6.07) is 0. The van der Waals surface area contributed by atoms with Crippen LogP contribution in [0.3, 0.4) is 0 Å². The van der Waals surface area contributed by atoms with Crippen LogP contribution < -0.4 is 0 Å². The molecule has 1 rings (SSSR count). The first-order valence-electron chi connectivity index (χ1n) is 3.98. The number of hydrogen-bond acceptors (Lipinski definition) is 3. The first-order valence-corrected chi connectivity index (χ1v) is 5.80. The number of carboxylic acids is 1. The molecule has 0 amide bonds. The molecule has 0 spiro atoms. The average molecular weight is 204 g/mol. The van der Waals surface area contributed by atoms with Gasteiger partial charge in [-0.15, -0.1) is 23.5 Å². The Morgan fingerprint density at radius 1 is 1.75 bits per heavy atom. The third kappa shape index (κ3) is 2.75. The van der Waals surface area contributed by atoms with Crippen molar-refractivity contribution in [1.29, 1.82) is 0 Å². The molecule has 0 bridgehead atoms. The molecule has 1 heterocycles. The SMILES string of the molecule is CCCCC1=CSC(C(=O)O)S1. The molecule has 0 aromatic carbocycles. The van der Waals surface area contributed by atoms with Crippen molar-refractivity contribution < 1.29 is 9.90 Å². The van der Waals surface area contributed by atoms with E-state index in [1.807, 2.05) is 5.41 Å². The summed E-state index contributed by atoms with van der Waals surface area (Å²) in [6.07, 6.45) is 3.37. The second-order valence-electron chi connectivity index (χ2n) is 2.61. The van der Waals surface area contributed by atoms with Gasteiger partial charge in [0, 0.05) is 0 Å². The lowest BCUT2D eigenvalue weighted by Crippen LogP contribution is -2.08. The third-order valence-corrected chi connectivity index (χ3v) is 4.24. The Labute approximate surface area is 80.8 Å². The van der Waals surface area contributed by atoms with E-state index in [4.69, 9.17) is 5.11 Å². The van der Waals surface area contributed by atoms with Gasteiger partial charge in [0.15, 0.2) is 4.58 Å². The predicted molar refractivity (Wildman–Crippen MR) is 54.2 cm³/mol. The Morgan fingerprint density at radius 3 is 3.00 bits per heavy atom. The van der Waals surface area contributed by atoms with Gasteiger partial charge in [-0.3, -0.25) is 4.79 Å². The van der Waals surface area contributed by atoms with Crippen molar-refractivity contribution in [3.8, 4) is 0 Å². The number of thioether (sulfide) groups is 2. The van der Waals surface area contributed by atoms with Crippen LogP contribution in [0.15, 0.2) is 10.3 Å². The second kappa shape index (κ2) is 4.82. The zero-order chi connectivity index (χ0) is 8.97. The van der Waals surface area contributed by atoms with Crippen LogP contribution >= 0.6 is 23.5 Å². The predicted octanol–water partition coefficient (Wildman–Crippen LogP) is 2.91. The van der Waals surface area contributed by atoms with Gasteiger partial charge < -0.3 is 5.11 Å². The minimum atomic E-state index is -0.715. The van der Waals surface area contributed by atoms with E-state index >= 15 is 0 Å². The standard InChI is InChI=1S/C8H12O2S2/c1-2-3-4-6-5-11-8(12-6)7(9)10/h5,8H,2-4H2,1H3,(H,9,10). The van der Waals surface area contributed by atoms with Crippen LogP contribution in [-0.2, 0) is 4.79 Å². The van der Waals surface area contributed by atoms with Crippen molar-refractivity contribution in [3.63, 3.8) is 0 Å². The molecule has 1 atom stereocenters. The largest absolute Gasteiger partial charge is 0.480 e. The summed E-state index contributed by atoms with van der Waals surface area (Å²) in [4.78, 5) is 11.8. The van der Waals surface area contributed by atoms with Gasteiger partial charge in [-0.2, -0.15) is 0 Å². The maximum absolute atomic E-state index is 10.5. The summed E-state index contributed by atoms with van der Waals surface area (Å²) in [5.74, 6) is -0.715. The Kier molecular flexibility index (Phi) is 4.01. The third-order valence-electron chi connectivity index (χ3n) is 1.56. The van der Waals surface area contributed by atoms with E-state index in [9.17, 15) is 4.79 Å². The highest BCUT2D eigenvalue weighted by molar-refractivity contribution is 8.23. The summed E-state index contributed by atoms with van der Waals surface area (Å²) in [6.45, 7) is 2.14. The van der Waals surface area contributed by atoms with Crippen molar-refractivity contribution in [1.82, 2.24) is 0 Å². The number of hydrogen-bond donors (Lipinski definition) is 1. The van der Waals surface area contributed by atoms with Crippen molar-refractivity contribution in [2.24, 2.45) is 0 Å². The first kappa shape index (κ1) is 9.99. The zero-order valence-electron chi connectivity index (χ0n) is 6.95. The van der Waals surface area contributed by atoms with E-state index in [0.29, 0.717) is 0 Å². The zero-order valence-corrected chi connectivity index (χ0v) is 8.58. The smallest absolute Gasteiger partial charge is 0.327 e. The van der Waals surface area contributed by atoms with Gasteiger partial charge in [0.1, 0.15) is 0 Å². The molecule has 1 aliphatic heterocycles. The molecule has 0 aromatic rings. The average Bonchev–Trinajstić information content (AvgIpc) is 2.48. The van der Waals surface area contributed by atoms with Crippen molar-refractivity contribution in [2.75, 3.05) is 0 Å². The molecule has 12 heavy (non-hydrogen) atoms. The fourth-order valence-corrected chi connectivity index (χ4v) is 3.20. The highest BCUT2D eigenvalue weighted by Crippen LogP contribution is 2.41. The summed E-state index contributed by atoms with van der Waals surface area (Å²) in [5.41, 5.74) is 0. The molecule has 1 unspecified atom stereocenters. The number of carboxylic acid groups (broad SMARTS) is 1. The fourth-order valence-electron chi connectivity index (χ4n) is 0.908. The number of rotatable bonds is 4. The minimum absolute atomic E-state index is 0.295. The number of unbranched alkanes of at least 4 members (excludes halogenated alkanes) is 1. The highest BCUT2D eigenvalue weighted by Gasteiger charge is 2.24. The van der Waals surface area contributed by atoms with Crippen molar-refractivity contribution in [2.45, 2.75) is 30.8 Å². The van der Waals surface area contributed by atoms with Crippen LogP contribution in [0.4, 0.5) is 0 Å². The topological polar surface area (TPSA) is 37.3 Å². The first-order chi connectivity index (χ1) is 5.74. The summed E-state index contributed by atoms with van der Waals surface area (Å²) in [7, 11) is 0. The van der Waals surface area contributed by atoms with Crippen LogP contribution in [0.2, 0.25) is 0 Å². The molecule has 68 valence electrons. The molecule has 0 fully saturated rings. The molecule has 0 saturated heterocycles. The molecule has 0 saturated carbocycles. The van der Waals surface area contributed by atoms with Gasteiger partial charge in [-0.1, -0.05) is 13.3 Å². The Bertz CT molecular complexity index is 201. The Balaban J connectivity index is 2.28. The lowest BCUT2D eigenvalue weighted by Gasteiger charge is -2.01. The van der Waals surface area contributed by atoms with Gasteiger partial charge in [0.25, 0.3) is 0 Å². The van der Waals surface area contributed by atoms with E-state index in [1.165, 1.54) is 34.8 Å².